The van der Waals surface area contributed by atoms with Gasteiger partial charge in [0.05, 0.1) is 15.7 Å². The molecule has 1 heterocycles. The highest BCUT2D eigenvalue weighted by atomic mass is 35.5. The molecule has 1 aromatic rings. The van der Waals surface area contributed by atoms with E-state index >= 15 is 0 Å². The van der Waals surface area contributed by atoms with Crippen molar-refractivity contribution in [2.45, 2.75) is 6.92 Å². The van der Waals surface area contributed by atoms with E-state index in [2.05, 4.69) is 15.1 Å². The van der Waals surface area contributed by atoms with Gasteiger partial charge in [-0.2, -0.15) is 0 Å². The topological polar surface area (TPSA) is 35.6 Å². The molecule has 20 heavy (non-hydrogen) atoms. The van der Waals surface area contributed by atoms with Crippen LogP contribution in [0.3, 0.4) is 0 Å². The summed E-state index contributed by atoms with van der Waals surface area (Å²) in [5, 5.41) is 4.04. The van der Waals surface area contributed by atoms with Crippen molar-refractivity contribution in [3.05, 3.63) is 28.2 Å². The second-order valence-electron chi connectivity index (χ2n) is 4.88. The first-order chi connectivity index (χ1) is 9.58. The summed E-state index contributed by atoms with van der Waals surface area (Å²) in [4.78, 5) is 15.4. The van der Waals surface area contributed by atoms with Gasteiger partial charge in [0.15, 0.2) is 0 Å². The van der Waals surface area contributed by atoms with E-state index in [0.717, 1.165) is 38.4 Å². The van der Waals surface area contributed by atoms with E-state index in [1.807, 2.05) is 12.1 Å². The fourth-order valence-corrected chi connectivity index (χ4v) is 2.75. The van der Waals surface area contributed by atoms with Crippen LogP contribution in [-0.4, -0.2) is 50.1 Å². The molecule has 1 aliphatic rings. The number of amides is 1. The molecule has 4 nitrogen and oxygen atoms in total. The summed E-state index contributed by atoms with van der Waals surface area (Å²) in [5.74, 6) is 0.0225. The molecule has 0 aromatic heterocycles. The standard InChI is InChI=1S/C14H19Cl2N3O/c1-11(20)17-5-6-18-7-9-19(10-8-18)13-4-2-3-12(15)14(13)16/h2-4H,5-10H2,1H3,(H,17,20). The Labute approximate surface area is 129 Å². The van der Waals surface area contributed by atoms with Crippen LogP contribution in [0.4, 0.5) is 5.69 Å². The quantitative estimate of drug-likeness (QED) is 0.925. The van der Waals surface area contributed by atoms with Crippen molar-refractivity contribution in [3.8, 4) is 0 Å². The second kappa shape index (κ2) is 7.16. The molecule has 1 saturated heterocycles. The highest BCUT2D eigenvalue weighted by molar-refractivity contribution is 6.43. The van der Waals surface area contributed by atoms with Crippen molar-refractivity contribution < 1.29 is 4.79 Å². The van der Waals surface area contributed by atoms with Crippen LogP contribution in [-0.2, 0) is 4.79 Å². The molecule has 0 aliphatic carbocycles. The van der Waals surface area contributed by atoms with E-state index in [1.54, 1.807) is 13.0 Å². The number of piperazine rings is 1. The third-order valence-corrected chi connectivity index (χ3v) is 4.26. The van der Waals surface area contributed by atoms with E-state index < -0.39 is 0 Å². The number of rotatable bonds is 4. The van der Waals surface area contributed by atoms with Gasteiger partial charge in [-0.3, -0.25) is 9.69 Å². The van der Waals surface area contributed by atoms with Crippen LogP contribution < -0.4 is 10.2 Å². The lowest BCUT2D eigenvalue weighted by molar-refractivity contribution is -0.119. The van der Waals surface area contributed by atoms with Crippen molar-refractivity contribution >= 4 is 34.8 Å². The van der Waals surface area contributed by atoms with Gasteiger partial charge in [-0.15, -0.1) is 0 Å². The molecule has 6 heteroatoms. The molecular weight excluding hydrogens is 297 g/mol. The van der Waals surface area contributed by atoms with Crippen molar-refractivity contribution in [3.63, 3.8) is 0 Å². The molecule has 1 N–H and O–H groups in total. The lowest BCUT2D eigenvalue weighted by atomic mass is 10.2. The molecule has 0 atom stereocenters. The van der Waals surface area contributed by atoms with Crippen molar-refractivity contribution in [1.29, 1.82) is 0 Å². The third-order valence-electron chi connectivity index (χ3n) is 3.45. The fraction of sp³-hybridized carbons (Fsp3) is 0.500. The molecule has 0 bridgehead atoms. The molecule has 0 unspecified atom stereocenters. The molecule has 1 fully saturated rings. The predicted molar refractivity (Wildman–Crippen MR) is 83.8 cm³/mol. The van der Waals surface area contributed by atoms with Gasteiger partial charge in [-0.05, 0) is 12.1 Å². The third kappa shape index (κ3) is 4.01. The number of carbonyl (C=O) groups excluding carboxylic acids is 1. The van der Waals surface area contributed by atoms with Crippen LogP contribution >= 0.6 is 23.2 Å². The number of hydrogen-bond donors (Lipinski definition) is 1. The number of anilines is 1. The lowest BCUT2D eigenvalue weighted by Crippen LogP contribution is -2.48. The normalized spacial score (nSPS) is 16.2. The average Bonchev–Trinajstić information content (AvgIpc) is 2.42. The molecule has 0 radical (unpaired) electrons. The summed E-state index contributed by atoms with van der Waals surface area (Å²) in [6.45, 7) is 6.88. The molecule has 1 amide bonds. The minimum absolute atomic E-state index is 0.0225. The van der Waals surface area contributed by atoms with Crippen molar-refractivity contribution in [2.24, 2.45) is 0 Å². The number of nitrogens with one attached hydrogen (secondary N) is 1. The predicted octanol–water partition coefficient (Wildman–Crippen LogP) is 2.25. The Hall–Kier alpha value is -0.970. The van der Waals surface area contributed by atoms with Crippen molar-refractivity contribution in [1.82, 2.24) is 10.2 Å². The number of benzene rings is 1. The summed E-state index contributed by atoms with van der Waals surface area (Å²) in [6, 6.07) is 5.73. The maximum absolute atomic E-state index is 10.8. The first-order valence-corrected chi connectivity index (χ1v) is 7.49. The van der Waals surface area contributed by atoms with Crippen LogP contribution in [0.15, 0.2) is 18.2 Å². The minimum atomic E-state index is 0.0225. The zero-order chi connectivity index (χ0) is 14.5. The zero-order valence-corrected chi connectivity index (χ0v) is 13.0. The monoisotopic (exact) mass is 315 g/mol. The molecule has 1 aromatic carbocycles. The van der Waals surface area contributed by atoms with E-state index in [4.69, 9.17) is 23.2 Å². The number of halogens is 2. The highest BCUT2D eigenvalue weighted by Gasteiger charge is 2.19. The van der Waals surface area contributed by atoms with Gasteiger partial charge in [0, 0.05) is 46.2 Å². The zero-order valence-electron chi connectivity index (χ0n) is 11.5. The van der Waals surface area contributed by atoms with E-state index in [-0.39, 0.29) is 5.91 Å². The first kappa shape index (κ1) is 15.4. The van der Waals surface area contributed by atoms with Crippen LogP contribution in [0, 0.1) is 0 Å². The maximum atomic E-state index is 10.8. The van der Waals surface area contributed by atoms with Crippen LogP contribution in [0.2, 0.25) is 10.0 Å². The van der Waals surface area contributed by atoms with Crippen LogP contribution in [0.5, 0.6) is 0 Å². The van der Waals surface area contributed by atoms with Crippen molar-refractivity contribution in [2.75, 3.05) is 44.2 Å². The van der Waals surface area contributed by atoms with Crippen LogP contribution in [0.1, 0.15) is 6.92 Å². The highest BCUT2D eigenvalue weighted by Crippen LogP contribution is 2.32. The maximum Gasteiger partial charge on any atom is 0.216 e. The summed E-state index contributed by atoms with van der Waals surface area (Å²) >= 11 is 12.3. The largest absolute Gasteiger partial charge is 0.368 e. The minimum Gasteiger partial charge on any atom is -0.368 e. The van der Waals surface area contributed by atoms with E-state index in [9.17, 15) is 4.79 Å². The Morgan fingerprint density at radius 2 is 1.95 bits per heavy atom. The second-order valence-corrected chi connectivity index (χ2v) is 5.67. The van der Waals surface area contributed by atoms with Gasteiger partial charge in [0.2, 0.25) is 5.91 Å². The first-order valence-electron chi connectivity index (χ1n) is 6.73. The van der Waals surface area contributed by atoms with E-state index in [0.29, 0.717) is 16.6 Å². The fourth-order valence-electron chi connectivity index (χ4n) is 2.34. The van der Waals surface area contributed by atoms with Gasteiger partial charge >= 0.3 is 0 Å². The number of carbonyl (C=O) groups is 1. The smallest absolute Gasteiger partial charge is 0.216 e. The van der Waals surface area contributed by atoms with Gasteiger partial charge < -0.3 is 10.2 Å². The SMILES string of the molecule is CC(=O)NCCN1CCN(c2cccc(Cl)c2Cl)CC1. The Morgan fingerprint density at radius 3 is 2.60 bits per heavy atom. The molecule has 1 aliphatic heterocycles. The molecule has 0 saturated carbocycles. The Balaban J connectivity index is 1.85. The summed E-state index contributed by atoms with van der Waals surface area (Å²) in [7, 11) is 0. The Morgan fingerprint density at radius 1 is 1.25 bits per heavy atom. The average molecular weight is 316 g/mol. The van der Waals surface area contributed by atoms with Crippen LogP contribution in [0.25, 0.3) is 0 Å². The van der Waals surface area contributed by atoms with Gasteiger partial charge in [-0.25, -0.2) is 0 Å². The van der Waals surface area contributed by atoms with Gasteiger partial charge in [-0.1, -0.05) is 29.3 Å². The van der Waals surface area contributed by atoms with E-state index in [1.165, 1.54) is 0 Å². The Bertz CT molecular complexity index is 473. The molecule has 0 spiro atoms. The summed E-state index contributed by atoms with van der Waals surface area (Å²) < 4.78 is 0. The van der Waals surface area contributed by atoms with Gasteiger partial charge in [0.25, 0.3) is 0 Å². The molecular formula is C14H19Cl2N3O. The summed E-state index contributed by atoms with van der Waals surface area (Å²) in [5.41, 5.74) is 1.00. The summed E-state index contributed by atoms with van der Waals surface area (Å²) in [6.07, 6.45) is 0. The number of hydrogen-bond acceptors (Lipinski definition) is 3. The lowest BCUT2D eigenvalue weighted by Gasteiger charge is -2.36. The van der Waals surface area contributed by atoms with Gasteiger partial charge in [0.1, 0.15) is 0 Å². The molecule has 2 rings (SSSR count). The molecule has 110 valence electrons. The Kier molecular flexibility index (Phi) is 5.52. The number of nitrogens with zero attached hydrogens (tertiary/aromatic N) is 2.